The minimum Gasteiger partial charge on any atom is -0.378 e. The van der Waals surface area contributed by atoms with Crippen LogP contribution in [-0.2, 0) is 11.3 Å². The van der Waals surface area contributed by atoms with E-state index in [4.69, 9.17) is 4.74 Å². The minimum absolute atomic E-state index is 0.104. The molecule has 1 aliphatic heterocycles. The number of hydrogen-bond donors (Lipinski definition) is 1. The first-order valence-electron chi connectivity index (χ1n) is 10.3. The van der Waals surface area contributed by atoms with E-state index in [-0.39, 0.29) is 11.6 Å². The molecule has 0 atom stereocenters. The first-order chi connectivity index (χ1) is 14.5. The lowest BCUT2D eigenvalue weighted by atomic mass is 10.1. The number of nitro benzene ring substituents is 1. The molecule has 0 aromatic heterocycles. The fraction of sp³-hybridized carbons (Fsp3) is 0.409. The molecule has 8 nitrogen and oxygen atoms in total. The van der Waals surface area contributed by atoms with E-state index in [9.17, 15) is 14.9 Å². The van der Waals surface area contributed by atoms with E-state index in [2.05, 4.69) is 24.1 Å². The van der Waals surface area contributed by atoms with Crippen LogP contribution in [0.15, 0.2) is 42.5 Å². The van der Waals surface area contributed by atoms with Crippen LogP contribution in [0, 0.1) is 10.1 Å². The monoisotopic (exact) mass is 412 g/mol. The second-order valence-corrected chi connectivity index (χ2v) is 7.17. The molecule has 0 bridgehead atoms. The van der Waals surface area contributed by atoms with Crippen molar-refractivity contribution in [2.45, 2.75) is 20.4 Å². The molecule has 0 unspecified atom stereocenters. The van der Waals surface area contributed by atoms with E-state index < -0.39 is 4.92 Å². The predicted molar refractivity (Wildman–Crippen MR) is 117 cm³/mol. The lowest BCUT2D eigenvalue weighted by Crippen LogP contribution is -2.37. The van der Waals surface area contributed by atoms with Gasteiger partial charge < -0.3 is 15.0 Å². The number of non-ortho nitro benzene ring substituents is 1. The molecule has 1 fully saturated rings. The third kappa shape index (κ3) is 5.34. The smallest absolute Gasteiger partial charge is 0.270 e. The van der Waals surface area contributed by atoms with Crippen molar-refractivity contribution >= 4 is 23.0 Å². The van der Waals surface area contributed by atoms with Gasteiger partial charge in [0, 0.05) is 37.5 Å². The van der Waals surface area contributed by atoms with Crippen LogP contribution in [-0.4, -0.2) is 55.1 Å². The van der Waals surface area contributed by atoms with Gasteiger partial charge in [0.15, 0.2) is 0 Å². The van der Waals surface area contributed by atoms with Gasteiger partial charge in [0.1, 0.15) is 0 Å². The van der Waals surface area contributed by atoms with Gasteiger partial charge in [0.2, 0.25) is 0 Å². The Balaban J connectivity index is 1.85. The number of hydrogen-bond acceptors (Lipinski definition) is 6. The first kappa shape index (κ1) is 21.7. The van der Waals surface area contributed by atoms with Crippen LogP contribution in [0.5, 0.6) is 0 Å². The Hall–Kier alpha value is -2.97. The SMILES string of the molecule is CCN(CC)Cc1cccc(NC(=O)c2cc([N+](=O)[O-])ccc2N2CCOCC2)c1. The van der Waals surface area contributed by atoms with Crippen molar-refractivity contribution in [2.75, 3.05) is 49.6 Å². The normalized spacial score (nSPS) is 14.0. The second-order valence-electron chi connectivity index (χ2n) is 7.17. The number of nitro groups is 1. The van der Waals surface area contributed by atoms with Gasteiger partial charge in [-0.15, -0.1) is 0 Å². The molecule has 2 aromatic rings. The van der Waals surface area contributed by atoms with Gasteiger partial charge in [-0.2, -0.15) is 0 Å². The lowest BCUT2D eigenvalue weighted by molar-refractivity contribution is -0.384. The maximum Gasteiger partial charge on any atom is 0.270 e. The van der Waals surface area contributed by atoms with Crippen LogP contribution in [0.4, 0.5) is 17.1 Å². The van der Waals surface area contributed by atoms with E-state index in [1.165, 1.54) is 12.1 Å². The summed E-state index contributed by atoms with van der Waals surface area (Å²) in [6.07, 6.45) is 0. The van der Waals surface area contributed by atoms with E-state index >= 15 is 0 Å². The molecule has 1 saturated heterocycles. The van der Waals surface area contributed by atoms with E-state index in [1.54, 1.807) is 6.07 Å². The molecule has 2 aromatic carbocycles. The first-order valence-corrected chi connectivity index (χ1v) is 10.3. The fourth-order valence-electron chi connectivity index (χ4n) is 3.55. The highest BCUT2D eigenvalue weighted by atomic mass is 16.6. The quantitative estimate of drug-likeness (QED) is 0.527. The highest BCUT2D eigenvalue weighted by Gasteiger charge is 2.22. The number of nitrogens with one attached hydrogen (secondary N) is 1. The molecule has 30 heavy (non-hydrogen) atoms. The van der Waals surface area contributed by atoms with Crippen molar-refractivity contribution < 1.29 is 14.5 Å². The molecule has 1 amide bonds. The molecular weight excluding hydrogens is 384 g/mol. The standard InChI is InChI=1S/C22H28N4O4/c1-3-24(4-2)16-17-6-5-7-18(14-17)23-22(27)20-15-19(26(28)29)8-9-21(20)25-10-12-30-13-11-25/h5-9,14-15H,3-4,10-13,16H2,1-2H3,(H,23,27). The summed E-state index contributed by atoms with van der Waals surface area (Å²) in [6, 6.07) is 12.1. The molecule has 160 valence electrons. The average Bonchev–Trinajstić information content (AvgIpc) is 2.77. The van der Waals surface area contributed by atoms with Crippen LogP contribution in [0.25, 0.3) is 0 Å². The molecule has 1 heterocycles. The van der Waals surface area contributed by atoms with Crippen LogP contribution >= 0.6 is 0 Å². The fourth-order valence-corrected chi connectivity index (χ4v) is 3.55. The van der Waals surface area contributed by atoms with Crippen LogP contribution in [0.1, 0.15) is 29.8 Å². The summed E-state index contributed by atoms with van der Waals surface area (Å²) in [5, 5.41) is 14.2. The van der Waals surface area contributed by atoms with Gasteiger partial charge in [-0.05, 0) is 36.9 Å². The second kappa shape index (κ2) is 10.2. The molecule has 0 saturated carbocycles. The van der Waals surface area contributed by atoms with Crippen LogP contribution in [0.3, 0.4) is 0 Å². The zero-order chi connectivity index (χ0) is 21.5. The van der Waals surface area contributed by atoms with Gasteiger partial charge in [0.05, 0.1) is 29.4 Å². The van der Waals surface area contributed by atoms with Crippen molar-refractivity contribution in [2.24, 2.45) is 0 Å². The zero-order valence-electron chi connectivity index (χ0n) is 17.5. The molecule has 0 radical (unpaired) electrons. The maximum absolute atomic E-state index is 13.1. The topological polar surface area (TPSA) is 88.0 Å². The van der Waals surface area contributed by atoms with Gasteiger partial charge in [0.25, 0.3) is 11.6 Å². The van der Waals surface area contributed by atoms with Crippen molar-refractivity contribution in [3.8, 4) is 0 Å². The van der Waals surface area contributed by atoms with Crippen molar-refractivity contribution in [1.82, 2.24) is 4.90 Å². The number of morpholine rings is 1. The largest absolute Gasteiger partial charge is 0.378 e. The number of benzene rings is 2. The number of carbonyl (C=O) groups is 1. The van der Waals surface area contributed by atoms with E-state index in [1.807, 2.05) is 29.2 Å². The Labute approximate surface area is 176 Å². The van der Waals surface area contributed by atoms with Crippen molar-refractivity contribution in [3.05, 3.63) is 63.7 Å². The highest BCUT2D eigenvalue weighted by Crippen LogP contribution is 2.27. The van der Waals surface area contributed by atoms with Crippen molar-refractivity contribution in [1.29, 1.82) is 0 Å². The van der Waals surface area contributed by atoms with Crippen LogP contribution < -0.4 is 10.2 Å². The maximum atomic E-state index is 13.1. The summed E-state index contributed by atoms with van der Waals surface area (Å²) in [5.74, 6) is -0.361. The Morgan fingerprint density at radius 2 is 1.90 bits per heavy atom. The van der Waals surface area contributed by atoms with E-state index in [0.29, 0.717) is 43.2 Å². The van der Waals surface area contributed by atoms with Gasteiger partial charge >= 0.3 is 0 Å². The Kier molecular flexibility index (Phi) is 7.37. The van der Waals surface area contributed by atoms with Gasteiger partial charge in [-0.25, -0.2) is 0 Å². The average molecular weight is 412 g/mol. The summed E-state index contributed by atoms with van der Waals surface area (Å²) < 4.78 is 5.39. The van der Waals surface area contributed by atoms with Crippen molar-refractivity contribution in [3.63, 3.8) is 0 Å². The number of anilines is 2. The third-order valence-corrected chi connectivity index (χ3v) is 5.27. The number of nitrogens with zero attached hydrogens (tertiary/aromatic N) is 3. The zero-order valence-corrected chi connectivity index (χ0v) is 17.5. The summed E-state index contributed by atoms with van der Waals surface area (Å²) in [6.45, 7) is 9.32. The third-order valence-electron chi connectivity index (χ3n) is 5.27. The minimum atomic E-state index is -0.482. The summed E-state index contributed by atoms with van der Waals surface area (Å²) in [7, 11) is 0. The molecule has 1 N–H and O–H groups in total. The van der Waals surface area contributed by atoms with Gasteiger partial charge in [-0.3, -0.25) is 19.8 Å². The Bertz CT molecular complexity index is 892. The molecule has 0 spiro atoms. The summed E-state index contributed by atoms with van der Waals surface area (Å²) in [4.78, 5) is 28.2. The van der Waals surface area contributed by atoms with E-state index in [0.717, 1.165) is 25.2 Å². The number of amides is 1. The molecule has 3 rings (SSSR count). The molecule has 0 aliphatic carbocycles. The number of ether oxygens (including phenoxy) is 1. The van der Waals surface area contributed by atoms with Gasteiger partial charge in [-0.1, -0.05) is 26.0 Å². The number of rotatable bonds is 8. The predicted octanol–water partition coefficient (Wildman–Crippen LogP) is 3.53. The molecule has 1 aliphatic rings. The van der Waals surface area contributed by atoms with Crippen LogP contribution in [0.2, 0.25) is 0 Å². The Morgan fingerprint density at radius 1 is 1.17 bits per heavy atom. The molecule has 8 heteroatoms. The highest BCUT2D eigenvalue weighted by molar-refractivity contribution is 6.08. The Morgan fingerprint density at radius 3 is 2.57 bits per heavy atom. The summed E-state index contributed by atoms with van der Waals surface area (Å²) in [5.41, 5.74) is 2.64. The summed E-state index contributed by atoms with van der Waals surface area (Å²) >= 11 is 0. The number of carbonyl (C=O) groups excluding carboxylic acids is 1. The molecular formula is C22H28N4O4. The lowest BCUT2D eigenvalue weighted by Gasteiger charge is -2.30.